The zero-order chi connectivity index (χ0) is 29.2. The fourth-order valence-corrected chi connectivity index (χ4v) is 7.20. The van der Waals surface area contributed by atoms with Crippen LogP contribution in [0.1, 0.15) is 81.3 Å². The van der Waals surface area contributed by atoms with Gasteiger partial charge in [-0.15, -0.1) is 5.06 Å². The third-order valence-electron chi connectivity index (χ3n) is 8.38. The summed E-state index contributed by atoms with van der Waals surface area (Å²) >= 11 is 13.2. The summed E-state index contributed by atoms with van der Waals surface area (Å²) < 4.78 is 20.9. The van der Waals surface area contributed by atoms with E-state index in [1.165, 1.54) is 6.07 Å². The minimum atomic E-state index is -1.04. The SMILES string of the molecule is CC(C)(C)OC(=O)c1ccc(N2[C@@H]3CC[C@H]2CC(N2OC(C4CC4)=C(C(=O)O)[C@@H]2c2c(Cl)cccc2Cl)C3)c(F)c1. The lowest BCUT2D eigenvalue weighted by Crippen LogP contribution is -2.51. The fourth-order valence-electron chi connectivity index (χ4n) is 6.60. The Labute approximate surface area is 248 Å². The fraction of sp³-hybridized carbons (Fsp3) is 0.484. The number of hydrogen-bond donors (Lipinski definition) is 1. The highest BCUT2D eigenvalue weighted by molar-refractivity contribution is 6.36. The molecule has 3 fully saturated rings. The smallest absolute Gasteiger partial charge is 0.338 e. The number of carboxylic acids is 1. The molecule has 1 saturated carbocycles. The molecule has 3 heterocycles. The first-order valence-electron chi connectivity index (χ1n) is 14.1. The van der Waals surface area contributed by atoms with Crippen LogP contribution in [0.4, 0.5) is 10.1 Å². The van der Waals surface area contributed by atoms with Gasteiger partial charge in [-0.25, -0.2) is 14.0 Å². The van der Waals surface area contributed by atoms with Gasteiger partial charge in [-0.3, -0.25) is 0 Å². The predicted molar refractivity (Wildman–Crippen MR) is 153 cm³/mol. The normalized spacial score (nSPS) is 26.3. The number of nitrogens with zero attached hydrogens (tertiary/aromatic N) is 2. The number of rotatable bonds is 6. The van der Waals surface area contributed by atoms with Crippen LogP contribution in [0, 0.1) is 11.7 Å². The Hall–Kier alpha value is -2.81. The first-order chi connectivity index (χ1) is 19.4. The number of carboxylic acid groups (broad SMARTS) is 1. The highest BCUT2D eigenvalue weighted by atomic mass is 35.5. The van der Waals surface area contributed by atoms with Gasteiger partial charge in [-0.05, 0) is 89.6 Å². The number of anilines is 1. The molecular formula is C31H33Cl2FN2O5. The van der Waals surface area contributed by atoms with E-state index in [4.69, 9.17) is 32.8 Å². The van der Waals surface area contributed by atoms with Crippen molar-refractivity contribution in [1.29, 1.82) is 0 Å². The third kappa shape index (κ3) is 5.30. The van der Waals surface area contributed by atoms with Crippen LogP contribution >= 0.6 is 23.2 Å². The van der Waals surface area contributed by atoms with E-state index in [1.807, 2.05) is 0 Å². The van der Waals surface area contributed by atoms with Crippen molar-refractivity contribution < 1.29 is 28.7 Å². The van der Waals surface area contributed by atoms with Crippen LogP contribution in [0.5, 0.6) is 0 Å². The monoisotopic (exact) mass is 602 g/mol. The second-order valence-corrected chi connectivity index (χ2v) is 13.2. The zero-order valence-electron chi connectivity index (χ0n) is 23.2. The molecular weight excluding hydrogens is 570 g/mol. The number of aliphatic carboxylic acids is 1. The van der Waals surface area contributed by atoms with Crippen molar-refractivity contribution in [2.75, 3.05) is 4.90 Å². The summed E-state index contributed by atoms with van der Waals surface area (Å²) in [4.78, 5) is 33.6. The van der Waals surface area contributed by atoms with Crippen LogP contribution in [0.2, 0.25) is 10.0 Å². The van der Waals surface area contributed by atoms with Gasteiger partial charge in [0, 0.05) is 33.6 Å². The van der Waals surface area contributed by atoms with E-state index in [9.17, 15) is 14.7 Å². The van der Waals surface area contributed by atoms with Crippen LogP contribution < -0.4 is 4.90 Å². The van der Waals surface area contributed by atoms with Gasteiger partial charge in [-0.2, -0.15) is 0 Å². The lowest BCUT2D eigenvalue weighted by Gasteiger charge is -2.44. The lowest BCUT2D eigenvalue weighted by atomic mass is 9.91. The second kappa shape index (κ2) is 10.5. The van der Waals surface area contributed by atoms with E-state index in [1.54, 1.807) is 56.2 Å². The van der Waals surface area contributed by atoms with Gasteiger partial charge in [0.15, 0.2) is 0 Å². The van der Waals surface area contributed by atoms with Crippen molar-refractivity contribution in [2.45, 2.75) is 89.1 Å². The van der Waals surface area contributed by atoms with Crippen LogP contribution in [0.15, 0.2) is 47.7 Å². The molecule has 4 aliphatic rings. The number of carbonyl (C=O) groups is 2. The molecule has 2 aromatic carbocycles. The number of ether oxygens (including phenoxy) is 1. The number of allylic oxidation sites excluding steroid dienone is 1. The molecule has 2 bridgehead atoms. The quantitative estimate of drug-likeness (QED) is 0.347. The Morgan fingerprint density at radius 1 is 1.00 bits per heavy atom. The Morgan fingerprint density at radius 2 is 1.63 bits per heavy atom. The third-order valence-corrected chi connectivity index (χ3v) is 9.04. The number of carbonyl (C=O) groups excluding carboxylic acids is 1. The maximum absolute atomic E-state index is 15.5. The second-order valence-electron chi connectivity index (χ2n) is 12.4. The van der Waals surface area contributed by atoms with Crippen molar-refractivity contribution in [1.82, 2.24) is 5.06 Å². The van der Waals surface area contributed by atoms with Gasteiger partial charge in [0.25, 0.3) is 0 Å². The van der Waals surface area contributed by atoms with Crippen LogP contribution in [0.25, 0.3) is 0 Å². The molecule has 1 aliphatic carbocycles. The maximum atomic E-state index is 15.5. The Kier molecular flexibility index (Phi) is 7.23. The molecule has 3 aliphatic heterocycles. The minimum absolute atomic E-state index is 0.0184. The molecule has 1 unspecified atom stereocenters. The van der Waals surface area contributed by atoms with Gasteiger partial charge >= 0.3 is 11.9 Å². The average Bonchev–Trinajstić information content (AvgIpc) is 3.61. The number of hydroxylamine groups is 2. The van der Waals surface area contributed by atoms with Gasteiger partial charge < -0.3 is 19.6 Å². The summed E-state index contributed by atoms with van der Waals surface area (Å²) in [5.74, 6) is -1.50. The maximum Gasteiger partial charge on any atom is 0.338 e. The van der Waals surface area contributed by atoms with Gasteiger partial charge in [-0.1, -0.05) is 29.3 Å². The van der Waals surface area contributed by atoms with Crippen molar-refractivity contribution in [3.05, 3.63) is 74.7 Å². The summed E-state index contributed by atoms with van der Waals surface area (Å²) in [6.45, 7) is 5.32. The number of esters is 1. The van der Waals surface area contributed by atoms with E-state index in [-0.39, 0.29) is 35.2 Å². The van der Waals surface area contributed by atoms with E-state index in [0.29, 0.717) is 39.9 Å². The van der Waals surface area contributed by atoms with E-state index < -0.39 is 29.4 Å². The summed E-state index contributed by atoms with van der Waals surface area (Å²) in [5, 5.41) is 12.9. The summed E-state index contributed by atoms with van der Waals surface area (Å²) in [6.07, 6.45) is 4.79. The van der Waals surface area contributed by atoms with Crippen molar-refractivity contribution in [3.63, 3.8) is 0 Å². The molecule has 7 nitrogen and oxygen atoms in total. The number of piperidine rings is 1. The summed E-state index contributed by atoms with van der Waals surface area (Å²) in [6, 6.07) is 8.85. The number of fused-ring (bicyclic) bond motifs is 2. The largest absolute Gasteiger partial charge is 0.478 e. The van der Waals surface area contributed by atoms with Gasteiger partial charge in [0.05, 0.1) is 17.3 Å². The first kappa shape index (κ1) is 28.3. The first-order valence-corrected chi connectivity index (χ1v) is 14.9. The van der Waals surface area contributed by atoms with E-state index >= 15 is 4.39 Å². The molecule has 0 radical (unpaired) electrons. The summed E-state index contributed by atoms with van der Waals surface area (Å²) in [7, 11) is 0. The van der Waals surface area contributed by atoms with Crippen molar-refractivity contribution in [3.8, 4) is 0 Å². The standard InChI is InChI=1S/C31H33Cl2FN2O5/c1-31(2,3)40-30(39)17-9-12-24(23(34)13-17)35-18-10-11-19(35)15-20(14-18)36-27(25-21(32)5-4-6-22(25)33)26(29(37)38)28(41-36)16-7-8-16/h4-6,9,12-13,16,18-20,27H,7-8,10-11,14-15H2,1-3H3,(H,37,38)/t18-,19+,20?,27-/m0/s1. The van der Waals surface area contributed by atoms with Crippen LogP contribution in [-0.4, -0.2) is 45.8 Å². The lowest BCUT2D eigenvalue weighted by molar-refractivity contribution is -0.163. The minimum Gasteiger partial charge on any atom is -0.478 e. The van der Waals surface area contributed by atoms with Crippen LogP contribution in [0.3, 0.4) is 0 Å². The average molecular weight is 604 g/mol. The van der Waals surface area contributed by atoms with Crippen molar-refractivity contribution in [2.24, 2.45) is 5.92 Å². The molecule has 6 rings (SSSR count). The van der Waals surface area contributed by atoms with Gasteiger partial charge in [0.2, 0.25) is 0 Å². The molecule has 10 heteroatoms. The Bertz CT molecular complexity index is 1400. The molecule has 218 valence electrons. The molecule has 1 N–H and O–H groups in total. The molecule has 2 aromatic rings. The highest BCUT2D eigenvalue weighted by Gasteiger charge is 2.52. The molecule has 2 saturated heterocycles. The van der Waals surface area contributed by atoms with Crippen molar-refractivity contribution >= 4 is 40.8 Å². The molecule has 4 atom stereocenters. The molecule has 0 aromatic heterocycles. The van der Waals surface area contributed by atoms with Gasteiger partial charge in [0.1, 0.15) is 28.8 Å². The van der Waals surface area contributed by atoms with E-state index in [0.717, 1.165) is 25.7 Å². The zero-order valence-corrected chi connectivity index (χ0v) is 24.7. The summed E-state index contributed by atoms with van der Waals surface area (Å²) in [5.41, 5.74) is 0.682. The number of hydrogen-bond acceptors (Lipinski definition) is 6. The Balaban J connectivity index is 1.28. The number of benzene rings is 2. The highest BCUT2D eigenvalue weighted by Crippen LogP contribution is 2.53. The molecule has 0 amide bonds. The molecule has 0 spiro atoms. The predicted octanol–water partition coefficient (Wildman–Crippen LogP) is 7.32. The van der Waals surface area contributed by atoms with E-state index in [2.05, 4.69) is 4.90 Å². The number of halogens is 3. The topological polar surface area (TPSA) is 79.3 Å². The Morgan fingerprint density at radius 3 is 2.17 bits per heavy atom. The van der Waals surface area contributed by atoms with Crippen LogP contribution in [-0.2, 0) is 14.4 Å². The molecule has 41 heavy (non-hydrogen) atoms.